The molecule has 0 radical (unpaired) electrons. The summed E-state index contributed by atoms with van der Waals surface area (Å²) in [6, 6.07) is 17.6. The van der Waals surface area contributed by atoms with E-state index in [1.807, 2.05) is 50.2 Å². The van der Waals surface area contributed by atoms with Crippen LogP contribution in [0, 0.1) is 19.7 Å². The summed E-state index contributed by atoms with van der Waals surface area (Å²) in [5.41, 5.74) is 3.38. The number of nitrogens with one attached hydrogen (secondary N) is 3. The molecule has 0 fully saturated rings. The van der Waals surface area contributed by atoms with Crippen molar-refractivity contribution in [2.75, 3.05) is 10.6 Å². The molecule has 0 amide bonds. The molecule has 0 unspecified atom stereocenters. The maximum Gasteiger partial charge on any atom is 0.229 e. The summed E-state index contributed by atoms with van der Waals surface area (Å²) in [7, 11) is 0. The van der Waals surface area contributed by atoms with Crippen LogP contribution in [0.3, 0.4) is 0 Å². The van der Waals surface area contributed by atoms with Crippen molar-refractivity contribution in [1.29, 1.82) is 0 Å². The molecule has 2 aromatic carbocycles. The summed E-state index contributed by atoms with van der Waals surface area (Å²) in [6.07, 6.45) is 0. The lowest BCUT2D eigenvalue weighted by Gasteiger charge is -2.14. The minimum atomic E-state index is -0.286. The second-order valence-corrected chi connectivity index (χ2v) is 6.74. The normalized spacial score (nSPS) is 11.1. The lowest BCUT2D eigenvalue weighted by Crippen LogP contribution is -2.39. The molecule has 0 spiro atoms. The monoisotopic (exact) mass is 408 g/mol. The average molecular weight is 409 g/mol. The third-order valence-corrected chi connectivity index (χ3v) is 4.01. The smallest absolute Gasteiger partial charge is 0.229 e. The molecule has 1 heterocycles. The van der Waals surface area contributed by atoms with Gasteiger partial charge in [0.15, 0.2) is 5.11 Å². The highest BCUT2D eigenvalue weighted by molar-refractivity contribution is 7.80. The van der Waals surface area contributed by atoms with Crippen LogP contribution >= 0.6 is 12.2 Å². The number of aryl methyl sites for hydroxylation is 2. The van der Waals surface area contributed by atoms with Gasteiger partial charge in [-0.3, -0.25) is 5.32 Å². The Hall–Kier alpha value is -3.39. The molecule has 3 aromatic rings. The minimum absolute atomic E-state index is 0.286. The number of aromatic nitrogens is 2. The van der Waals surface area contributed by atoms with Crippen molar-refractivity contribution in [2.45, 2.75) is 20.4 Å². The topological polar surface area (TPSA) is 74.2 Å². The average Bonchev–Trinajstić information content (AvgIpc) is 2.67. The van der Waals surface area contributed by atoms with Crippen LogP contribution in [0.2, 0.25) is 0 Å². The van der Waals surface area contributed by atoms with E-state index in [1.165, 1.54) is 12.1 Å². The number of nitrogens with zero attached hydrogens (tertiary/aromatic N) is 3. The van der Waals surface area contributed by atoms with Gasteiger partial charge in [0.25, 0.3) is 0 Å². The molecule has 29 heavy (non-hydrogen) atoms. The Bertz CT molecular complexity index is 985. The van der Waals surface area contributed by atoms with E-state index in [0.717, 1.165) is 22.6 Å². The van der Waals surface area contributed by atoms with Gasteiger partial charge in [-0.15, -0.1) is 0 Å². The second kappa shape index (κ2) is 9.70. The third-order valence-electron chi connectivity index (χ3n) is 3.81. The summed E-state index contributed by atoms with van der Waals surface area (Å²) in [4.78, 5) is 13.3. The molecule has 6 nitrogen and oxygen atoms in total. The molecule has 0 aliphatic carbocycles. The largest absolute Gasteiger partial charge is 0.332 e. The summed E-state index contributed by atoms with van der Waals surface area (Å²) in [5, 5.41) is 9.58. The van der Waals surface area contributed by atoms with Crippen LogP contribution in [0.15, 0.2) is 65.7 Å². The first kappa shape index (κ1) is 20.3. The maximum atomic E-state index is 13.1. The van der Waals surface area contributed by atoms with Gasteiger partial charge in [-0.1, -0.05) is 30.3 Å². The van der Waals surface area contributed by atoms with Gasteiger partial charge >= 0.3 is 0 Å². The molecule has 1 aromatic heterocycles. The van der Waals surface area contributed by atoms with Crippen molar-refractivity contribution in [2.24, 2.45) is 4.99 Å². The molecular weight excluding hydrogens is 387 g/mol. The molecular formula is C21H21FN6S. The Labute approximate surface area is 174 Å². The Morgan fingerprint density at radius 3 is 2.28 bits per heavy atom. The van der Waals surface area contributed by atoms with E-state index in [9.17, 15) is 4.39 Å². The van der Waals surface area contributed by atoms with Gasteiger partial charge in [0, 0.05) is 17.1 Å². The number of guanidine groups is 1. The molecule has 3 N–H and O–H groups in total. The van der Waals surface area contributed by atoms with Crippen molar-refractivity contribution < 1.29 is 4.39 Å². The fraction of sp³-hybridized carbons (Fsp3) is 0.143. The highest BCUT2D eigenvalue weighted by Crippen LogP contribution is 2.07. The number of hydrogen-bond acceptors (Lipinski definition) is 4. The van der Waals surface area contributed by atoms with Gasteiger partial charge in [0.1, 0.15) is 5.82 Å². The highest BCUT2D eigenvalue weighted by atomic mass is 32.1. The predicted molar refractivity (Wildman–Crippen MR) is 118 cm³/mol. The molecule has 0 aliphatic heterocycles. The van der Waals surface area contributed by atoms with E-state index in [0.29, 0.717) is 23.6 Å². The third kappa shape index (κ3) is 6.62. The quantitative estimate of drug-likeness (QED) is 0.342. The molecule has 0 atom stereocenters. The van der Waals surface area contributed by atoms with E-state index in [2.05, 4.69) is 30.9 Å². The van der Waals surface area contributed by atoms with Crippen LogP contribution in [0.5, 0.6) is 0 Å². The molecule has 0 saturated carbocycles. The van der Waals surface area contributed by atoms with E-state index in [1.54, 1.807) is 12.1 Å². The van der Waals surface area contributed by atoms with Gasteiger partial charge in [0.2, 0.25) is 11.9 Å². The van der Waals surface area contributed by atoms with Crippen LogP contribution in [-0.4, -0.2) is 21.0 Å². The zero-order valence-electron chi connectivity index (χ0n) is 16.1. The first-order chi connectivity index (χ1) is 14.0. The summed E-state index contributed by atoms with van der Waals surface area (Å²) in [6.45, 7) is 4.11. The van der Waals surface area contributed by atoms with Gasteiger partial charge in [-0.2, -0.15) is 0 Å². The first-order valence-corrected chi connectivity index (χ1v) is 9.40. The number of rotatable bonds is 4. The summed E-state index contributed by atoms with van der Waals surface area (Å²) in [5.74, 6) is 0.509. The molecule has 0 bridgehead atoms. The van der Waals surface area contributed by atoms with E-state index < -0.39 is 0 Å². The Morgan fingerprint density at radius 1 is 0.966 bits per heavy atom. The lowest BCUT2D eigenvalue weighted by molar-refractivity contribution is 0.627. The number of thiocarbonyl (C=S) groups is 1. The van der Waals surface area contributed by atoms with Crippen LogP contribution in [0.4, 0.5) is 16.0 Å². The zero-order valence-corrected chi connectivity index (χ0v) is 16.9. The van der Waals surface area contributed by atoms with Crippen LogP contribution in [0.1, 0.15) is 17.0 Å². The second-order valence-electron chi connectivity index (χ2n) is 6.34. The van der Waals surface area contributed by atoms with Gasteiger partial charge in [-0.05, 0) is 62.0 Å². The van der Waals surface area contributed by atoms with E-state index in [4.69, 9.17) is 12.2 Å². The first-order valence-electron chi connectivity index (χ1n) is 8.99. The SMILES string of the molecule is Cc1cc(C)nc(NC(=NCc2ccc(F)cc2)NC(=S)Nc2ccccc2)n1. The van der Waals surface area contributed by atoms with E-state index >= 15 is 0 Å². The number of hydrogen-bond donors (Lipinski definition) is 3. The Balaban J connectivity index is 1.76. The Kier molecular flexibility index (Phi) is 6.80. The van der Waals surface area contributed by atoms with Crippen molar-refractivity contribution in [3.05, 3.63) is 83.4 Å². The maximum absolute atomic E-state index is 13.1. The minimum Gasteiger partial charge on any atom is -0.332 e. The molecule has 0 aliphatic rings. The summed E-state index contributed by atoms with van der Waals surface area (Å²) >= 11 is 5.39. The molecule has 148 valence electrons. The standard InChI is InChI=1S/C21H21FN6S/c1-14-12-15(2)25-20(24-14)27-19(23-13-16-8-10-17(22)11-9-16)28-21(29)26-18-6-4-3-5-7-18/h3-12H,13H2,1-2H3,(H3,23,24,25,26,27,28,29). The predicted octanol–water partition coefficient (Wildman–Crippen LogP) is 4.19. The van der Waals surface area contributed by atoms with Crippen molar-refractivity contribution >= 4 is 34.9 Å². The lowest BCUT2D eigenvalue weighted by atomic mass is 10.2. The van der Waals surface area contributed by atoms with Gasteiger partial charge < -0.3 is 10.6 Å². The van der Waals surface area contributed by atoms with Gasteiger partial charge in [0.05, 0.1) is 6.54 Å². The zero-order chi connectivity index (χ0) is 20.6. The van der Waals surface area contributed by atoms with Crippen LogP contribution < -0.4 is 16.0 Å². The number of aliphatic imine (C=N–C) groups is 1. The number of halogens is 1. The van der Waals surface area contributed by atoms with Crippen LogP contribution in [-0.2, 0) is 6.54 Å². The molecule has 8 heteroatoms. The van der Waals surface area contributed by atoms with E-state index in [-0.39, 0.29) is 5.82 Å². The fourth-order valence-electron chi connectivity index (χ4n) is 2.55. The van der Waals surface area contributed by atoms with Gasteiger partial charge in [-0.25, -0.2) is 19.4 Å². The number of para-hydroxylation sites is 1. The van der Waals surface area contributed by atoms with Crippen LogP contribution in [0.25, 0.3) is 0 Å². The van der Waals surface area contributed by atoms with Crippen molar-refractivity contribution in [3.8, 4) is 0 Å². The number of anilines is 2. The number of benzene rings is 2. The molecule has 3 rings (SSSR count). The summed E-state index contributed by atoms with van der Waals surface area (Å²) < 4.78 is 13.1. The fourth-order valence-corrected chi connectivity index (χ4v) is 2.76. The highest BCUT2D eigenvalue weighted by Gasteiger charge is 2.07. The Morgan fingerprint density at radius 2 is 1.62 bits per heavy atom. The van der Waals surface area contributed by atoms with Crippen molar-refractivity contribution in [1.82, 2.24) is 15.3 Å². The van der Waals surface area contributed by atoms with Crippen molar-refractivity contribution in [3.63, 3.8) is 0 Å². The molecule has 0 saturated heterocycles.